The number of aliphatic carboxylic acids is 2. The highest BCUT2D eigenvalue weighted by molar-refractivity contribution is 5.98. The Morgan fingerprint density at radius 3 is 1.64 bits per heavy atom. The SMILES string of the molecule is CC(C)C[C@H](NC(=O)[C@@H]1CCCN1C(=O)CNC(=O)[C@H](CC(=O)O)NC(=O)[C@@H](N)CC(C)C)C(=O)N1CCC[C@H]1C(=O)N[C@@H](CO)C(=O)NCC(=O)N[C@H](C(=O)N[C@@H](CCCNC(=N)N)C(=O)N[C@H](C(=O)O)C(C)C)C(C)C. The molecule has 2 aliphatic rings. The zero-order valence-corrected chi connectivity index (χ0v) is 45.9. The quantitative estimate of drug-likeness (QED) is 0.0172. The molecule has 2 aliphatic heterocycles. The lowest BCUT2D eigenvalue weighted by molar-refractivity contribution is -0.144. The maximum atomic E-state index is 14.2. The minimum Gasteiger partial charge on any atom is -0.481 e. The second-order valence-corrected chi connectivity index (χ2v) is 21.1. The number of amides is 10. The van der Waals surface area contributed by atoms with Gasteiger partial charge in [-0.25, -0.2) is 4.79 Å². The number of nitrogens with one attached hydrogen (secondary N) is 10. The zero-order valence-electron chi connectivity index (χ0n) is 45.9. The second kappa shape index (κ2) is 32.5. The fraction of sp³-hybridized carbons (Fsp3) is 0.735. The van der Waals surface area contributed by atoms with Gasteiger partial charge < -0.3 is 84.4 Å². The van der Waals surface area contributed by atoms with Crippen LogP contribution in [0.4, 0.5) is 0 Å². The van der Waals surface area contributed by atoms with Crippen molar-refractivity contribution in [1.82, 2.24) is 57.7 Å². The fourth-order valence-corrected chi connectivity index (χ4v) is 8.81. The topological polar surface area (TPSA) is 456 Å². The Labute approximate surface area is 453 Å². The molecule has 0 spiro atoms. The van der Waals surface area contributed by atoms with Crippen molar-refractivity contribution in [3.8, 4) is 0 Å². The summed E-state index contributed by atoms with van der Waals surface area (Å²) in [6, 6.07) is -11.4. The first-order chi connectivity index (χ1) is 36.5. The largest absolute Gasteiger partial charge is 0.481 e. The molecule has 0 aromatic carbocycles. The molecule has 2 heterocycles. The maximum absolute atomic E-state index is 14.2. The molecule has 9 atom stereocenters. The number of rotatable bonds is 32. The number of hydrogen-bond acceptors (Lipinski definition) is 15. The molecule has 0 bridgehead atoms. The summed E-state index contributed by atoms with van der Waals surface area (Å²) in [4.78, 5) is 160. The third-order valence-corrected chi connectivity index (χ3v) is 12.9. The molecule has 2 rings (SSSR count). The fourth-order valence-electron chi connectivity index (χ4n) is 8.81. The third-order valence-electron chi connectivity index (χ3n) is 12.9. The van der Waals surface area contributed by atoms with Gasteiger partial charge in [0.1, 0.15) is 48.3 Å². The number of carboxylic acids is 2. The Morgan fingerprint density at radius 2 is 1.12 bits per heavy atom. The van der Waals surface area contributed by atoms with Crippen LogP contribution in [0.25, 0.3) is 0 Å². The lowest BCUT2D eigenvalue weighted by atomic mass is 10.0. The van der Waals surface area contributed by atoms with Crippen molar-refractivity contribution in [2.45, 2.75) is 168 Å². The van der Waals surface area contributed by atoms with Gasteiger partial charge in [0.25, 0.3) is 0 Å². The van der Waals surface area contributed by atoms with E-state index in [1.807, 2.05) is 13.8 Å². The van der Waals surface area contributed by atoms with E-state index < -0.39 is 163 Å². The van der Waals surface area contributed by atoms with Crippen LogP contribution in [-0.2, 0) is 57.5 Å². The van der Waals surface area contributed by atoms with E-state index in [2.05, 4.69) is 47.9 Å². The normalized spacial score (nSPS) is 17.9. The van der Waals surface area contributed by atoms with Crippen molar-refractivity contribution >= 4 is 77.0 Å². The Morgan fingerprint density at radius 1 is 0.590 bits per heavy atom. The van der Waals surface area contributed by atoms with Gasteiger partial charge in [-0.2, -0.15) is 0 Å². The van der Waals surface area contributed by atoms with Gasteiger partial charge in [-0.15, -0.1) is 0 Å². The molecule has 0 radical (unpaired) electrons. The first-order valence-corrected chi connectivity index (χ1v) is 26.3. The van der Waals surface area contributed by atoms with Gasteiger partial charge in [-0.1, -0.05) is 55.4 Å². The highest BCUT2D eigenvalue weighted by Gasteiger charge is 2.42. The molecular weight excluding hydrogens is 1020 g/mol. The number of aliphatic hydroxyl groups excluding tert-OH is 1. The van der Waals surface area contributed by atoms with Crippen molar-refractivity contribution in [3.05, 3.63) is 0 Å². The molecule has 29 nitrogen and oxygen atoms in total. The van der Waals surface area contributed by atoms with Gasteiger partial charge in [0.05, 0.1) is 32.2 Å². The van der Waals surface area contributed by atoms with Crippen LogP contribution in [0.3, 0.4) is 0 Å². The van der Waals surface area contributed by atoms with Crippen molar-refractivity contribution in [3.63, 3.8) is 0 Å². The number of likely N-dealkylation sites (tertiary alicyclic amines) is 2. The lowest BCUT2D eigenvalue weighted by Crippen LogP contribution is -2.59. The maximum Gasteiger partial charge on any atom is 0.326 e. The van der Waals surface area contributed by atoms with Gasteiger partial charge >= 0.3 is 11.9 Å². The van der Waals surface area contributed by atoms with Crippen molar-refractivity contribution in [2.75, 3.05) is 39.3 Å². The number of aliphatic hydroxyl groups is 1. The monoisotopic (exact) mass is 1110 g/mol. The molecule has 0 aliphatic carbocycles. The zero-order chi connectivity index (χ0) is 59.1. The van der Waals surface area contributed by atoms with Crippen molar-refractivity contribution in [1.29, 1.82) is 5.41 Å². The van der Waals surface area contributed by atoms with Crippen LogP contribution < -0.4 is 59.3 Å². The summed E-state index contributed by atoms with van der Waals surface area (Å²) in [6.07, 6.45) is 0.906. The van der Waals surface area contributed by atoms with Gasteiger partial charge in [0.2, 0.25) is 59.1 Å². The van der Waals surface area contributed by atoms with Crippen LogP contribution in [0, 0.1) is 29.1 Å². The van der Waals surface area contributed by atoms with E-state index in [9.17, 15) is 72.9 Å². The third kappa shape index (κ3) is 22.1. The van der Waals surface area contributed by atoms with Crippen LogP contribution >= 0.6 is 0 Å². The summed E-state index contributed by atoms with van der Waals surface area (Å²) in [5.74, 6) is -12.2. The van der Waals surface area contributed by atoms with E-state index in [-0.39, 0.29) is 76.0 Å². The van der Waals surface area contributed by atoms with Crippen LogP contribution in [0.1, 0.15) is 113 Å². The average Bonchev–Trinajstić information content (AvgIpc) is 4.06. The van der Waals surface area contributed by atoms with Crippen LogP contribution in [0.15, 0.2) is 0 Å². The minimum absolute atomic E-state index is 0.01000. The van der Waals surface area contributed by atoms with E-state index in [1.54, 1.807) is 41.5 Å². The lowest BCUT2D eigenvalue weighted by Gasteiger charge is -2.32. The summed E-state index contributed by atoms with van der Waals surface area (Å²) in [5, 5.41) is 58.7. The van der Waals surface area contributed by atoms with Crippen molar-refractivity contribution < 1.29 is 72.9 Å². The average molecular weight is 1110 g/mol. The van der Waals surface area contributed by atoms with Crippen LogP contribution in [0.5, 0.6) is 0 Å². The molecule has 29 heteroatoms. The number of carboxylic acid groups (broad SMARTS) is 2. The number of guanidine groups is 1. The van der Waals surface area contributed by atoms with E-state index >= 15 is 0 Å². The van der Waals surface area contributed by atoms with Gasteiger partial charge in [0, 0.05) is 19.6 Å². The summed E-state index contributed by atoms with van der Waals surface area (Å²) in [5.41, 5.74) is 11.2. The molecule has 2 saturated heterocycles. The van der Waals surface area contributed by atoms with Gasteiger partial charge in [0.15, 0.2) is 5.96 Å². The number of hydrogen-bond donors (Lipinski definition) is 15. The molecule has 17 N–H and O–H groups in total. The standard InChI is InChI=1S/C49H84N14O15/c1-24(2)18-28(50)40(69)57-30(20-37(67)68)41(70)55-22-36(66)62-16-10-13-33(62)44(73)58-31(19-25(3)4)47(76)63-17-11-14-34(63)45(74)59-32(23-64)42(71)54-21-35(65)60-38(26(5)6)46(75)56-29(12-9-15-53-49(51)52)43(72)61-39(27(7)8)48(77)78/h24-34,38-39,64H,9-23,50H2,1-8H3,(H,54,71)(H,55,70)(H,56,75)(H,57,69)(H,58,73)(H,59,74)(H,60,65)(H,61,72)(H,67,68)(H,77,78)(H4,51,52,53)/t28-,29-,30-,31-,32-,33-,34-,38-,39-/m0/s1. The second-order valence-electron chi connectivity index (χ2n) is 21.1. The molecule has 78 heavy (non-hydrogen) atoms. The first kappa shape index (κ1) is 66.9. The van der Waals surface area contributed by atoms with E-state index in [0.717, 1.165) is 0 Å². The molecular formula is C49H84N14O15. The Balaban J connectivity index is 2.11. The van der Waals surface area contributed by atoms with Crippen molar-refractivity contribution in [2.24, 2.45) is 35.1 Å². The van der Waals surface area contributed by atoms with Gasteiger partial charge in [-0.3, -0.25) is 58.1 Å². The summed E-state index contributed by atoms with van der Waals surface area (Å²) in [6.45, 7) is 11.7. The van der Waals surface area contributed by atoms with E-state index in [1.165, 1.54) is 9.80 Å². The highest BCUT2D eigenvalue weighted by atomic mass is 16.4. The predicted molar refractivity (Wildman–Crippen MR) is 280 cm³/mol. The summed E-state index contributed by atoms with van der Waals surface area (Å²) < 4.78 is 0. The molecule has 440 valence electrons. The highest BCUT2D eigenvalue weighted by Crippen LogP contribution is 2.23. The van der Waals surface area contributed by atoms with Crippen LogP contribution in [-0.4, -0.2) is 196 Å². The minimum atomic E-state index is -1.61. The summed E-state index contributed by atoms with van der Waals surface area (Å²) in [7, 11) is 0. The summed E-state index contributed by atoms with van der Waals surface area (Å²) >= 11 is 0. The van der Waals surface area contributed by atoms with Crippen LogP contribution in [0.2, 0.25) is 0 Å². The number of carbonyl (C=O) groups excluding carboxylic acids is 10. The Kier molecular flexibility index (Phi) is 27.9. The van der Waals surface area contributed by atoms with E-state index in [4.69, 9.17) is 16.9 Å². The molecule has 10 amide bonds. The number of nitrogens with zero attached hydrogens (tertiary/aromatic N) is 2. The van der Waals surface area contributed by atoms with E-state index in [0.29, 0.717) is 12.8 Å². The smallest absolute Gasteiger partial charge is 0.326 e. The predicted octanol–water partition coefficient (Wildman–Crippen LogP) is -4.34. The molecule has 2 fully saturated rings. The number of carbonyl (C=O) groups is 12. The van der Waals surface area contributed by atoms with Gasteiger partial charge in [-0.05, 0) is 75.0 Å². The Hall–Kier alpha value is -7.17. The Bertz CT molecular complexity index is 2160. The first-order valence-electron chi connectivity index (χ1n) is 26.3. The molecule has 0 aromatic heterocycles. The molecule has 0 saturated carbocycles. The molecule has 0 unspecified atom stereocenters. The number of nitrogens with two attached hydrogens (primary N) is 2. The molecule has 0 aromatic rings.